The molecule has 1 aromatic carbocycles. The molecule has 0 fully saturated rings. The Bertz CT molecular complexity index is 595. The molecule has 0 saturated heterocycles. The van der Waals surface area contributed by atoms with Crippen molar-refractivity contribution in [1.29, 1.82) is 0 Å². The molecule has 0 aliphatic heterocycles. The normalized spacial score (nSPS) is 10.3. The van der Waals surface area contributed by atoms with Gasteiger partial charge in [-0.15, -0.1) is 11.3 Å². The Kier molecular flexibility index (Phi) is 4.74. The van der Waals surface area contributed by atoms with Crippen molar-refractivity contribution in [3.05, 3.63) is 35.3 Å². The minimum absolute atomic E-state index is 0.0454. The van der Waals surface area contributed by atoms with Crippen molar-refractivity contribution in [2.45, 2.75) is 13.8 Å². The van der Waals surface area contributed by atoms with Gasteiger partial charge in [0.1, 0.15) is 16.5 Å². The molecule has 4 nitrogen and oxygen atoms in total. The quantitative estimate of drug-likeness (QED) is 0.848. The first-order valence-electron chi connectivity index (χ1n) is 6.60. The number of amides is 1. The smallest absolute Gasteiger partial charge is 0.273 e. The van der Waals surface area contributed by atoms with E-state index < -0.39 is 0 Å². The molecule has 1 aromatic heterocycles. The van der Waals surface area contributed by atoms with Gasteiger partial charge in [0.25, 0.3) is 5.91 Å². The van der Waals surface area contributed by atoms with Crippen molar-refractivity contribution in [3.8, 4) is 16.3 Å². The van der Waals surface area contributed by atoms with E-state index in [-0.39, 0.29) is 5.91 Å². The maximum absolute atomic E-state index is 12.0. The highest BCUT2D eigenvalue weighted by molar-refractivity contribution is 7.13. The van der Waals surface area contributed by atoms with Gasteiger partial charge in [-0.2, -0.15) is 0 Å². The number of ether oxygens (including phenoxy) is 1. The Morgan fingerprint density at radius 1 is 1.40 bits per heavy atom. The maximum Gasteiger partial charge on any atom is 0.273 e. The van der Waals surface area contributed by atoms with E-state index in [1.165, 1.54) is 11.3 Å². The molecule has 5 heteroatoms. The summed E-state index contributed by atoms with van der Waals surface area (Å²) in [4.78, 5) is 18.1. The largest absolute Gasteiger partial charge is 0.494 e. The Balaban J connectivity index is 2.24. The summed E-state index contributed by atoms with van der Waals surface area (Å²) < 4.78 is 5.48. The van der Waals surface area contributed by atoms with Gasteiger partial charge >= 0.3 is 0 Å². The third kappa shape index (κ3) is 3.17. The van der Waals surface area contributed by atoms with Crippen LogP contribution < -0.4 is 4.74 Å². The van der Waals surface area contributed by atoms with Crippen LogP contribution in [0.4, 0.5) is 0 Å². The van der Waals surface area contributed by atoms with Gasteiger partial charge in [0.05, 0.1) is 6.61 Å². The summed E-state index contributed by atoms with van der Waals surface area (Å²) in [5.41, 5.74) is 1.47. The van der Waals surface area contributed by atoms with E-state index in [0.717, 1.165) is 16.3 Å². The van der Waals surface area contributed by atoms with E-state index in [4.69, 9.17) is 4.74 Å². The average Bonchev–Trinajstić information content (AvgIpc) is 2.96. The molecule has 0 radical (unpaired) electrons. The van der Waals surface area contributed by atoms with Gasteiger partial charge in [-0.1, -0.05) is 12.1 Å². The summed E-state index contributed by atoms with van der Waals surface area (Å²) in [5, 5.41) is 2.64. The molecule has 0 saturated carbocycles. The molecule has 0 unspecified atom stereocenters. The number of aromatic nitrogens is 1. The summed E-state index contributed by atoms with van der Waals surface area (Å²) in [6.45, 7) is 5.20. The van der Waals surface area contributed by atoms with Crippen LogP contribution in [0.2, 0.25) is 0 Å². The molecular weight excluding hydrogens is 272 g/mol. The molecule has 1 amide bonds. The van der Waals surface area contributed by atoms with E-state index in [1.807, 2.05) is 38.1 Å². The molecule has 0 aliphatic rings. The summed E-state index contributed by atoms with van der Waals surface area (Å²) in [6.07, 6.45) is 0. The maximum atomic E-state index is 12.0. The van der Waals surface area contributed by atoms with E-state index in [0.29, 0.717) is 18.8 Å². The molecular formula is C15H18N2O2S. The standard InChI is InChI=1S/C15H18N2O2S/c1-4-17(3)15(18)13-10-20-14(16-13)11-7-6-8-12(9-11)19-5-2/h6-10H,4-5H2,1-3H3. The predicted octanol–water partition coefficient (Wildman–Crippen LogP) is 3.30. The predicted molar refractivity (Wildman–Crippen MR) is 81.4 cm³/mol. The second-order valence-corrected chi connectivity index (χ2v) is 5.18. The van der Waals surface area contributed by atoms with E-state index in [2.05, 4.69) is 4.98 Å². The van der Waals surface area contributed by atoms with Crippen LogP contribution in [0.5, 0.6) is 5.75 Å². The van der Waals surface area contributed by atoms with Crippen LogP contribution in [0.25, 0.3) is 10.6 Å². The molecule has 0 spiro atoms. The molecule has 106 valence electrons. The molecule has 2 aromatic rings. The number of carbonyl (C=O) groups excluding carboxylic acids is 1. The van der Waals surface area contributed by atoms with Crippen LogP contribution in [0, 0.1) is 0 Å². The highest BCUT2D eigenvalue weighted by Gasteiger charge is 2.15. The first-order chi connectivity index (χ1) is 9.65. The molecule has 0 atom stereocenters. The second-order valence-electron chi connectivity index (χ2n) is 4.32. The fourth-order valence-electron chi connectivity index (χ4n) is 1.73. The topological polar surface area (TPSA) is 42.4 Å². The lowest BCUT2D eigenvalue weighted by atomic mass is 10.2. The molecule has 1 heterocycles. The highest BCUT2D eigenvalue weighted by atomic mass is 32.1. The number of nitrogens with zero attached hydrogens (tertiary/aromatic N) is 2. The number of hydrogen-bond acceptors (Lipinski definition) is 4. The molecule has 2 rings (SSSR count). The lowest BCUT2D eigenvalue weighted by Crippen LogP contribution is -2.26. The van der Waals surface area contributed by atoms with E-state index in [9.17, 15) is 4.79 Å². The van der Waals surface area contributed by atoms with Crippen LogP contribution in [-0.4, -0.2) is 36.0 Å². The monoisotopic (exact) mass is 290 g/mol. The summed E-state index contributed by atoms with van der Waals surface area (Å²) in [7, 11) is 1.77. The number of thiazole rings is 1. The Morgan fingerprint density at radius 2 is 2.20 bits per heavy atom. The van der Waals surface area contributed by atoms with Gasteiger partial charge in [-0.3, -0.25) is 4.79 Å². The van der Waals surface area contributed by atoms with E-state index in [1.54, 1.807) is 17.3 Å². The van der Waals surface area contributed by atoms with Crippen molar-refractivity contribution < 1.29 is 9.53 Å². The van der Waals surface area contributed by atoms with Crippen molar-refractivity contribution in [3.63, 3.8) is 0 Å². The van der Waals surface area contributed by atoms with Crippen LogP contribution in [0.3, 0.4) is 0 Å². The molecule has 0 aliphatic carbocycles. The zero-order chi connectivity index (χ0) is 14.5. The van der Waals surface area contributed by atoms with Crippen molar-refractivity contribution in [2.75, 3.05) is 20.2 Å². The van der Waals surface area contributed by atoms with Crippen LogP contribution in [0.15, 0.2) is 29.6 Å². The van der Waals surface area contributed by atoms with Gasteiger partial charge in [0, 0.05) is 24.5 Å². The van der Waals surface area contributed by atoms with Gasteiger partial charge in [0.15, 0.2) is 0 Å². The van der Waals surface area contributed by atoms with Crippen LogP contribution in [0.1, 0.15) is 24.3 Å². The van der Waals surface area contributed by atoms with Gasteiger partial charge in [-0.25, -0.2) is 4.98 Å². The minimum atomic E-state index is -0.0454. The van der Waals surface area contributed by atoms with Crippen LogP contribution >= 0.6 is 11.3 Å². The summed E-state index contributed by atoms with van der Waals surface area (Å²) in [5.74, 6) is 0.773. The Labute approximate surface area is 123 Å². The molecule has 0 N–H and O–H groups in total. The zero-order valence-electron chi connectivity index (χ0n) is 11.9. The van der Waals surface area contributed by atoms with Gasteiger partial charge in [-0.05, 0) is 26.0 Å². The minimum Gasteiger partial charge on any atom is -0.494 e. The second kappa shape index (κ2) is 6.52. The number of hydrogen-bond donors (Lipinski definition) is 0. The third-order valence-electron chi connectivity index (χ3n) is 2.94. The number of carbonyl (C=O) groups is 1. The average molecular weight is 290 g/mol. The highest BCUT2D eigenvalue weighted by Crippen LogP contribution is 2.27. The number of rotatable bonds is 5. The first kappa shape index (κ1) is 14.5. The van der Waals surface area contributed by atoms with Crippen molar-refractivity contribution in [1.82, 2.24) is 9.88 Å². The van der Waals surface area contributed by atoms with Crippen LogP contribution in [-0.2, 0) is 0 Å². The lowest BCUT2D eigenvalue weighted by Gasteiger charge is -2.11. The Hall–Kier alpha value is -1.88. The summed E-state index contributed by atoms with van der Waals surface area (Å²) >= 11 is 1.47. The Morgan fingerprint density at radius 3 is 2.90 bits per heavy atom. The van der Waals surface area contributed by atoms with Gasteiger partial charge < -0.3 is 9.64 Å². The third-order valence-corrected chi connectivity index (χ3v) is 3.83. The molecule has 20 heavy (non-hydrogen) atoms. The van der Waals surface area contributed by atoms with Crippen molar-refractivity contribution >= 4 is 17.2 Å². The number of benzene rings is 1. The first-order valence-corrected chi connectivity index (χ1v) is 7.47. The van der Waals surface area contributed by atoms with Gasteiger partial charge in [0.2, 0.25) is 0 Å². The summed E-state index contributed by atoms with van der Waals surface area (Å²) in [6, 6.07) is 7.76. The SMILES string of the molecule is CCOc1cccc(-c2nc(C(=O)N(C)CC)cs2)c1. The van der Waals surface area contributed by atoms with Crippen molar-refractivity contribution in [2.24, 2.45) is 0 Å². The lowest BCUT2D eigenvalue weighted by molar-refractivity contribution is 0.0797. The van der Waals surface area contributed by atoms with E-state index >= 15 is 0 Å². The molecule has 0 bridgehead atoms. The fraction of sp³-hybridized carbons (Fsp3) is 0.333. The zero-order valence-corrected chi connectivity index (χ0v) is 12.7. The fourth-order valence-corrected chi connectivity index (χ4v) is 2.52.